The number of ether oxygens (including phenoxy) is 1. The Kier molecular flexibility index (Phi) is 3.42. The largest absolute Gasteiger partial charge is 0.459 e. The van der Waals surface area contributed by atoms with Crippen LogP contribution in [0.3, 0.4) is 0 Å². The normalized spacial score (nSPS) is 11.5. The highest BCUT2D eigenvalue weighted by Gasteiger charge is 2.17. The van der Waals surface area contributed by atoms with E-state index in [1.807, 2.05) is 38.3 Å². The van der Waals surface area contributed by atoms with Crippen LogP contribution in [0.1, 0.15) is 20.8 Å². The Hall–Kier alpha value is -1.76. The molecule has 18 heavy (non-hydrogen) atoms. The minimum Gasteiger partial charge on any atom is -0.459 e. The number of esters is 1. The van der Waals surface area contributed by atoms with E-state index in [4.69, 9.17) is 4.74 Å². The van der Waals surface area contributed by atoms with Gasteiger partial charge in [0.25, 0.3) is 0 Å². The number of hydrogen-bond donors (Lipinski definition) is 0. The van der Waals surface area contributed by atoms with Crippen molar-refractivity contribution >= 4 is 17.3 Å². The smallest absolute Gasteiger partial charge is 0.330 e. The molecule has 2 aromatic heterocycles. The van der Waals surface area contributed by atoms with Gasteiger partial charge in [0, 0.05) is 0 Å². The molecule has 6 nitrogen and oxygen atoms in total. The lowest BCUT2D eigenvalue weighted by Crippen LogP contribution is -2.27. The zero-order valence-corrected chi connectivity index (χ0v) is 11.3. The zero-order chi connectivity index (χ0) is 13.2. The molecule has 0 atom stereocenters. The van der Waals surface area contributed by atoms with Gasteiger partial charge in [0.15, 0.2) is 6.54 Å². The number of nitrogens with zero attached hydrogens (tertiary/aromatic N) is 4. The quantitative estimate of drug-likeness (QED) is 0.791. The number of aromatic nitrogens is 4. The number of tetrazole rings is 1. The molecule has 2 heterocycles. The summed E-state index contributed by atoms with van der Waals surface area (Å²) in [6.07, 6.45) is 0. The molecule has 7 heteroatoms. The van der Waals surface area contributed by atoms with Crippen molar-refractivity contribution < 1.29 is 9.53 Å². The molecule has 0 aliphatic rings. The monoisotopic (exact) mass is 266 g/mol. The third-order valence-corrected chi connectivity index (χ3v) is 2.75. The average Bonchev–Trinajstić information content (AvgIpc) is 2.82. The second-order valence-electron chi connectivity index (χ2n) is 4.71. The maximum atomic E-state index is 11.6. The van der Waals surface area contributed by atoms with Crippen molar-refractivity contribution in [1.29, 1.82) is 0 Å². The first-order chi connectivity index (χ1) is 8.44. The van der Waals surface area contributed by atoms with E-state index in [2.05, 4.69) is 15.4 Å². The first-order valence-electron chi connectivity index (χ1n) is 5.47. The SMILES string of the molecule is CC(C)(C)OC(=O)Cn1nnc(-c2cccs2)n1. The summed E-state index contributed by atoms with van der Waals surface area (Å²) < 4.78 is 5.18. The summed E-state index contributed by atoms with van der Waals surface area (Å²) >= 11 is 1.52. The van der Waals surface area contributed by atoms with Gasteiger partial charge in [0.05, 0.1) is 4.88 Å². The van der Waals surface area contributed by atoms with Gasteiger partial charge >= 0.3 is 5.97 Å². The van der Waals surface area contributed by atoms with Crippen molar-refractivity contribution in [2.45, 2.75) is 32.9 Å². The Balaban J connectivity index is 2.01. The van der Waals surface area contributed by atoms with Crippen molar-refractivity contribution in [1.82, 2.24) is 20.2 Å². The molecular formula is C11H14N4O2S. The third-order valence-electron chi connectivity index (χ3n) is 1.88. The lowest BCUT2D eigenvalue weighted by molar-refractivity contribution is -0.156. The van der Waals surface area contributed by atoms with E-state index in [0.717, 1.165) is 4.88 Å². The zero-order valence-electron chi connectivity index (χ0n) is 10.5. The van der Waals surface area contributed by atoms with Gasteiger partial charge in [0.1, 0.15) is 5.60 Å². The Morgan fingerprint density at radius 3 is 2.89 bits per heavy atom. The highest BCUT2D eigenvalue weighted by molar-refractivity contribution is 7.13. The van der Waals surface area contributed by atoms with Gasteiger partial charge in [-0.3, -0.25) is 0 Å². The molecule has 0 N–H and O–H groups in total. The number of carbonyl (C=O) groups is 1. The molecule has 96 valence electrons. The van der Waals surface area contributed by atoms with Crippen LogP contribution in [-0.4, -0.2) is 31.8 Å². The van der Waals surface area contributed by atoms with Crippen LogP contribution in [0.15, 0.2) is 17.5 Å². The van der Waals surface area contributed by atoms with Crippen molar-refractivity contribution in [2.24, 2.45) is 0 Å². The third kappa shape index (κ3) is 3.36. The Bertz CT molecular complexity index is 527. The van der Waals surface area contributed by atoms with Crippen LogP contribution in [0.25, 0.3) is 10.7 Å². The van der Waals surface area contributed by atoms with Crippen molar-refractivity contribution in [3.05, 3.63) is 17.5 Å². The van der Waals surface area contributed by atoms with Crippen LogP contribution >= 0.6 is 11.3 Å². The van der Waals surface area contributed by atoms with Crippen molar-refractivity contribution in [2.75, 3.05) is 0 Å². The molecule has 0 saturated heterocycles. The average molecular weight is 266 g/mol. The fraction of sp³-hybridized carbons (Fsp3) is 0.455. The highest BCUT2D eigenvalue weighted by Crippen LogP contribution is 2.19. The summed E-state index contributed by atoms with van der Waals surface area (Å²) in [6, 6.07) is 3.81. The maximum absolute atomic E-state index is 11.6. The molecule has 2 rings (SSSR count). The highest BCUT2D eigenvalue weighted by atomic mass is 32.1. The van der Waals surface area contributed by atoms with Gasteiger partial charge in [-0.1, -0.05) is 6.07 Å². The lowest BCUT2D eigenvalue weighted by atomic mass is 10.2. The predicted molar refractivity (Wildman–Crippen MR) is 67.0 cm³/mol. The lowest BCUT2D eigenvalue weighted by Gasteiger charge is -2.18. The maximum Gasteiger partial charge on any atom is 0.330 e. The molecule has 0 fully saturated rings. The number of rotatable bonds is 3. The molecule has 2 aromatic rings. The summed E-state index contributed by atoms with van der Waals surface area (Å²) in [7, 11) is 0. The van der Waals surface area contributed by atoms with Crippen LogP contribution in [0, 0.1) is 0 Å². The van der Waals surface area contributed by atoms with E-state index in [9.17, 15) is 4.79 Å². The van der Waals surface area contributed by atoms with Gasteiger partial charge in [0.2, 0.25) is 5.82 Å². The summed E-state index contributed by atoms with van der Waals surface area (Å²) in [5.74, 6) is 0.145. The summed E-state index contributed by atoms with van der Waals surface area (Å²) in [4.78, 5) is 13.7. The van der Waals surface area contributed by atoms with Gasteiger partial charge in [-0.2, -0.15) is 4.80 Å². The summed E-state index contributed by atoms with van der Waals surface area (Å²) in [5, 5.41) is 13.8. The number of thiophene rings is 1. The molecule has 0 aliphatic carbocycles. The van der Waals surface area contributed by atoms with E-state index in [1.54, 1.807) is 0 Å². The van der Waals surface area contributed by atoms with Crippen LogP contribution in [0.4, 0.5) is 0 Å². The topological polar surface area (TPSA) is 69.9 Å². The minimum absolute atomic E-state index is 0.0321. The Morgan fingerprint density at radius 1 is 1.50 bits per heavy atom. The van der Waals surface area contributed by atoms with E-state index < -0.39 is 5.60 Å². The van der Waals surface area contributed by atoms with Crippen LogP contribution < -0.4 is 0 Å². The molecular weight excluding hydrogens is 252 g/mol. The molecule has 0 radical (unpaired) electrons. The second-order valence-corrected chi connectivity index (χ2v) is 5.65. The van der Waals surface area contributed by atoms with Crippen molar-refractivity contribution in [3.8, 4) is 10.7 Å². The number of hydrogen-bond acceptors (Lipinski definition) is 6. The van der Waals surface area contributed by atoms with E-state index in [1.165, 1.54) is 16.1 Å². The van der Waals surface area contributed by atoms with Crippen LogP contribution in [0.5, 0.6) is 0 Å². The molecule has 0 aliphatic heterocycles. The first-order valence-corrected chi connectivity index (χ1v) is 6.35. The van der Waals surface area contributed by atoms with Gasteiger partial charge in [-0.15, -0.1) is 21.5 Å². The summed E-state index contributed by atoms with van der Waals surface area (Å²) in [5.41, 5.74) is -0.506. The van der Waals surface area contributed by atoms with E-state index in [-0.39, 0.29) is 12.5 Å². The molecule has 0 aromatic carbocycles. The Labute approximate surface area is 109 Å². The predicted octanol–water partition coefficient (Wildman–Crippen LogP) is 1.74. The van der Waals surface area contributed by atoms with Gasteiger partial charge < -0.3 is 4.74 Å². The molecule has 0 saturated carbocycles. The fourth-order valence-electron chi connectivity index (χ4n) is 1.30. The molecule has 0 spiro atoms. The molecule has 0 unspecified atom stereocenters. The Morgan fingerprint density at radius 2 is 2.28 bits per heavy atom. The first kappa shape index (κ1) is 12.7. The van der Waals surface area contributed by atoms with Crippen molar-refractivity contribution in [3.63, 3.8) is 0 Å². The fourth-order valence-corrected chi connectivity index (χ4v) is 1.95. The molecule has 0 bridgehead atoms. The summed E-state index contributed by atoms with van der Waals surface area (Å²) in [6.45, 7) is 5.42. The van der Waals surface area contributed by atoms with Crippen LogP contribution in [0.2, 0.25) is 0 Å². The second kappa shape index (κ2) is 4.85. The number of carbonyl (C=O) groups excluding carboxylic acids is 1. The van der Waals surface area contributed by atoms with Crippen LogP contribution in [-0.2, 0) is 16.1 Å². The standard InChI is InChI=1S/C11H14N4O2S/c1-11(2,3)17-9(16)7-15-13-10(12-14-15)8-5-4-6-18-8/h4-6H,7H2,1-3H3. The van der Waals surface area contributed by atoms with E-state index >= 15 is 0 Å². The minimum atomic E-state index is -0.506. The van der Waals surface area contributed by atoms with Gasteiger partial charge in [-0.25, -0.2) is 4.79 Å². The van der Waals surface area contributed by atoms with Gasteiger partial charge in [-0.05, 0) is 37.4 Å². The molecule has 0 amide bonds. The van der Waals surface area contributed by atoms with E-state index in [0.29, 0.717) is 5.82 Å².